The number of nitrogens with zero attached hydrogens (tertiary/aromatic N) is 4. The highest BCUT2D eigenvalue weighted by Crippen LogP contribution is 2.22. The maximum absolute atomic E-state index is 12.7. The van der Waals surface area contributed by atoms with E-state index in [-0.39, 0.29) is 17.4 Å². The quantitative estimate of drug-likeness (QED) is 0.779. The van der Waals surface area contributed by atoms with Crippen LogP contribution in [0.25, 0.3) is 10.2 Å². The first-order valence-corrected chi connectivity index (χ1v) is 8.72. The molecule has 7 nitrogen and oxygen atoms in total. The predicted molar refractivity (Wildman–Crippen MR) is 90.8 cm³/mol. The molecule has 0 bridgehead atoms. The van der Waals surface area contributed by atoms with Gasteiger partial charge < -0.3 is 9.88 Å². The monoisotopic (exact) mass is 343 g/mol. The Bertz CT molecular complexity index is 957. The highest BCUT2D eigenvalue weighted by Gasteiger charge is 2.27. The fourth-order valence-corrected chi connectivity index (χ4v) is 3.91. The molecule has 0 aromatic carbocycles. The van der Waals surface area contributed by atoms with E-state index in [4.69, 9.17) is 0 Å². The summed E-state index contributed by atoms with van der Waals surface area (Å²) in [7, 11) is 1.76. The van der Waals surface area contributed by atoms with E-state index in [0.717, 1.165) is 18.7 Å². The number of fused-ring (bicyclic) bond motifs is 2. The summed E-state index contributed by atoms with van der Waals surface area (Å²) < 4.78 is 2.57. The van der Waals surface area contributed by atoms with Crippen molar-refractivity contribution in [1.82, 2.24) is 24.6 Å². The Morgan fingerprint density at radius 2 is 2.38 bits per heavy atom. The summed E-state index contributed by atoms with van der Waals surface area (Å²) in [6, 6.07) is 3.78. The zero-order valence-electron chi connectivity index (χ0n) is 13.2. The lowest BCUT2D eigenvalue weighted by Crippen LogP contribution is -2.37. The second kappa shape index (κ2) is 5.86. The van der Waals surface area contributed by atoms with Crippen molar-refractivity contribution in [2.24, 2.45) is 5.92 Å². The standard InChI is InChI=1S/C16H17N5O2S/c1-20(9-13-18-12-4-7-24-14(12)15(22)19-13)16(23)10-3-6-21-11(8-10)2-5-17-21/h2,4-5,7,10H,3,6,8-9H2,1H3,(H,18,19,22). The molecule has 0 aliphatic carbocycles. The first-order valence-electron chi connectivity index (χ1n) is 7.84. The fourth-order valence-electron chi connectivity index (χ4n) is 3.19. The van der Waals surface area contributed by atoms with Gasteiger partial charge in [-0.15, -0.1) is 11.3 Å². The van der Waals surface area contributed by atoms with Crippen LogP contribution in [0.3, 0.4) is 0 Å². The topological polar surface area (TPSA) is 83.9 Å². The molecule has 1 unspecified atom stereocenters. The molecule has 1 aliphatic rings. The molecule has 24 heavy (non-hydrogen) atoms. The van der Waals surface area contributed by atoms with Crippen molar-refractivity contribution in [2.75, 3.05) is 7.05 Å². The number of H-pyrrole nitrogens is 1. The summed E-state index contributed by atoms with van der Waals surface area (Å²) in [6.45, 7) is 1.07. The molecule has 1 N–H and O–H groups in total. The fraction of sp³-hybridized carbons (Fsp3) is 0.375. The van der Waals surface area contributed by atoms with Crippen molar-refractivity contribution in [1.29, 1.82) is 0 Å². The van der Waals surface area contributed by atoms with Crippen molar-refractivity contribution in [2.45, 2.75) is 25.9 Å². The Labute approximate surface area is 141 Å². The van der Waals surface area contributed by atoms with Crippen LogP contribution in [-0.2, 0) is 24.3 Å². The van der Waals surface area contributed by atoms with E-state index >= 15 is 0 Å². The number of aryl methyl sites for hydroxylation is 1. The Kier molecular flexibility index (Phi) is 3.68. The zero-order chi connectivity index (χ0) is 16.7. The molecule has 1 aliphatic heterocycles. The largest absolute Gasteiger partial charge is 0.338 e. The van der Waals surface area contributed by atoms with E-state index in [1.54, 1.807) is 18.1 Å². The van der Waals surface area contributed by atoms with Gasteiger partial charge in [-0.05, 0) is 23.9 Å². The van der Waals surface area contributed by atoms with Crippen LogP contribution in [0, 0.1) is 5.92 Å². The van der Waals surface area contributed by atoms with Gasteiger partial charge in [0.25, 0.3) is 5.56 Å². The molecule has 1 atom stereocenters. The highest BCUT2D eigenvalue weighted by atomic mass is 32.1. The average molecular weight is 343 g/mol. The molecular formula is C16H17N5O2S. The number of thiophene rings is 1. The van der Waals surface area contributed by atoms with Crippen LogP contribution >= 0.6 is 11.3 Å². The smallest absolute Gasteiger partial charge is 0.268 e. The minimum Gasteiger partial charge on any atom is -0.338 e. The van der Waals surface area contributed by atoms with E-state index < -0.39 is 0 Å². The lowest BCUT2D eigenvalue weighted by Gasteiger charge is -2.26. The molecule has 1 amide bonds. The average Bonchev–Trinajstić information content (AvgIpc) is 3.22. The summed E-state index contributed by atoms with van der Waals surface area (Å²) in [4.78, 5) is 33.6. The van der Waals surface area contributed by atoms with Crippen LogP contribution in [0.4, 0.5) is 0 Å². The SMILES string of the molecule is CN(Cc1nc2ccsc2c(=O)[nH]1)C(=O)C1CCn2nccc2C1. The van der Waals surface area contributed by atoms with Gasteiger partial charge in [0.15, 0.2) is 0 Å². The number of rotatable bonds is 3. The van der Waals surface area contributed by atoms with Crippen molar-refractivity contribution in [3.05, 3.63) is 45.6 Å². The third kappa shape index (κ3) is 2.62. The summed E-state index contributed by atoms with van der Waals surface area (Å²) in [5.74, 6) is 0.550. The van der Waals surface area contributed by atoms with E-state index in [0.29, 0.717) is 29.0 Å². The minimum atomic E-state index is -0.146. The lowest BCUT2D eigenvalue weighted by molar-refractivity contribution is -0.135. The summed E-state index contributed by atoms with van der Waals surface area (Å²) in [5.41, 5.74) is 1.63. The molecule has 3 aromatic rings. The van der Waals surface area contributed by atoms with E-state index in [1.807, 2.05) is 22.2 Å². The lowest BCUT2D eigenvalue weighted by atomic mass is 9.95. The van der Waals surface area contributed by atoms with Crippen molar-refractivity contribution >= 4 is 27.5 Å². The highest BCUT2D eigenvalue weighted by molar-refractivity contribution is 7.17. The molecule has 124 valence electrons. The second-order valence-electron chi connectivity index (χ2n) is 6.08. The molecule has 0 saturated carbocycles. The minimum absolute atomic E-state index is 0.0456. The third-order valence-electron chi connectivity index (χ3n) is 4.43. The van der Waals surface area contributed by atoms with Gasteiger partial charge in [0.2, 0.25) is 5.91 Å². The second-order valence-corrected chi connectivity index (χ2v) is 6.99. The Balaban J connectivity index is 1.50. The number of aromatic amines is 1. The Hall–Kier alpha value is -2.48. The van der Waals surface area contributed by atoms with Gasteiger partial charge in [0.05, 0.1) is 12.1 Å². The molecule has 0 spiro atoms. The number of carbonyl (C=O) groups excluding carboxylic acids is 1. The first-order chi connectivity index (χ1) is 11.6. The van der Waals surface area contributed by atoms with Gasteiger partial charge in [-0.1, -0.05) is 0 Å². The van der Waals surface area contributed by atoms with Gasteiger partial charge in [-0.2, -0.15) is 5.10 Å². The maximum Gasteiger partial charge on any atom is 0.268 e. The van der Waals surface area contributed by atoms with Crippen LogP contribution in [0.15, 0.2) is 28.5 Å². The molecule has 3 aromatic heterocycles. The van der Waals surface area contributed by atoms with E-state index in [1.165, 1.54) is 11.3 Å². The zero-order valence-corrected chi connectivity index (χ0v) is 14.0. The molecule has 4 heterocycles. The molecule has 4 rings (SSSR count). The number of amides is 1. The Morgan fingerprint density at radius 1 is 1.50 bits per heavy atom. The van der Waals surface area contributed by atoms with Gasteiger partial charge in [0, 0.05) is 37.8 Å². The summed E-state index contributed by atoms with van der Waals surface area (Å²) in [6.07, 6.45) is 3.26. The molecular weight excluding hydrogens is 326 g/mol. The number of hydrogen-bond acceptors (Lipinski definition) is 5. The number of nitrogens with one attached hydrogen (secondary N) is 1. The molecule has 8 heteroatoms. The van der Waals surface area contributed by atoms with Crippen molar-refractivity contribution in [3.63, 3.8) is 0 Å². The van der Waals surface area contributed by atoms with Crippen molar-refractivity contribution < 1.29 is 4.79 Å². The molecule has 0 fully saturated rings. The number of carbonyl (C=O) groups is 1. The van der Waals surface area contributed by atoms with Crippen LogP contribution in [0.5, 0.6) is 0 Å². The van der Waals surface area contributed by atoms with Crippen LogP contribution in [0.2, 0.25) is 0 Å². The van der Waals surface area contributed by atoms with Gasteiger partial charge in [0.1, 0.15) is 10.5 Å². The van der Waals surface area contributed by atoms with E-state index in [9.17, 15) is 9.59 Å². The summed E-state index contributed by atoms with van der Waals surface area (Å²) in [5, 5.41) is 6.08. The first kappa shape index (κ1) is 15.1. The van der Waals surface area contributed by atoms with Gasteiger partial charge in [-0.3, -0.25) is 14.3 Å². The number of aromatic nitrogens is 4. The number of hydrogen-bond donors (Lipinski definition) is 1. The molecule has 0 radical (unpaired) electrons. The van der Waals surface area contributed by atoms with Crippen LogP contribution < -0.4 is 5.56 Å². The Morgan fingerprint density at radius 3 is 3.25 bits per heavy atom. The third-order valence-corrected chi connectivity index (χ3v) is 5.33. The van der Waals surface area contributed by atoms with E-state index in [2.05, 4.69) is 15.1 Å². The van der Waals surface area contributed by atoms with Crippen LogP contribution in [-0.4, -0.2) is 37.6 Å². The molecule has 0 saturated heterocycles. The van der Waals surface area contributed by atoms with Gasteiger partial charge >= 0.3 is 0 Å². The normalized spacial score (nSPS) is 17.0. The van der Waals surface area contributed by atoms with Crippen molar-refractivity contribution in [3.8, 4) is 0 Å². The summed E-state index contributed by atoms with van der Waals surface area (Å²) >= 11 is 1.37. The van der Waals surface area contributed by atoms with Crippen LogP contribution in [0.1, 0.15) is 17.9 Å². The van der Waals surface area contributed by atoms with Gasteiger partial charge in [-0.25, -0.2) is 4.98 Å². The predicted octanol–water partition coefficient (Wildman–Crippen LogP) is 1.40. The maximum atomic E-state index is 12.7.